The number of halogens is 2. The zero-order valence-electron chi connectivity index (χ0n) is 13.1. The number of anilines is 1. The minimum atomic E-state index is 0.299. The Hall–Kier alpha value is -2.70. The number of rotatable bonds is 3. The highest BCUT2D eigenvalue weighted by molar-refractivity contribution is 6.35. The molecule has 0 bridgehead atoms. The molecule has 0 unspecified atom stereocenters. The number of nitrogens with zero attached hydrogens (tertiary/aromatic N) is 5. The summed E-state index contributed by atoms with van der Waals surface area (Å²) in [7, 11) is 1.94. The number of fused-ring (bicyclic) bond motifs is 3. The van der Waals surface area contributed by atoms with Crippen molar-refractivity contribution in [2.75, 3.05) is 5.43 Å². The zero-order chi connectivity index (χ0) is 17.4. The molecule has 2 heterocycles. The van der Waals surface area contributed by atoms with Crippen molar-refractivity contribution in [3.63, 3.8) is 0 Å². The van der Waals surface area contributed by atoms with Gasteiger partial charge in [-0.1, -0.05) is 41.4 Å². The summed E-state index contributed by atoms with van der Waals surface area (Å²) < 4.78 is 1.97. The molecule has 0 atom stereocenters. The van der Waals surface area contributed by atoms with Gasteiger partial charge < -0.3 is 4.57 Å². The molecule has 0 amide bonds. The average Bonchev–Trinajstić information content (AvgIpc) is 2.91. The van der Waals surface area contributed by atoms with Crippen molar-refractivity contribution in [2.24, 2.45) is 12.1 Å². The first-order valence-corrected chi connectivity index (χ1v) is 8.21. The summed E-state index contributed by atoms with van der Waals surface area (Å²) in [6.45, 7) is 0. The molecule has 0 spiro atoms. The third-order valence-electron chi connectivity index (χ3n) is 3.83. The maximum absolute atomic E-state index is 6.10. The Bertz CT molecular complexity index is 1120. The van der Waals surface area contributed by atoms with Gasteiger partial charge in [0, 0.05) is 28.0 Å². The fraction of sp³-hybridized carbons (Fsp3) is 0.0588. The van der Waals surface area contributed by atoms with E-state index < -0.39 is 0 Å². The Balaban J connectivity index is 1.66. The molecule has 0 saturated carbocycles. The van der Waals surface area contributed by atoms with Crippen LogP contribution in [0.1, 0.15) is 5.56 Å². The molecule has 1 N–H and O–H groups in total. The van der Waals surface area contributed by atoms with E-state index in [1.54, 1.807) is 24.4 Å². The van der Waals surface area contributed by atoms with Crippen molar-refractivity contribution in [3.05, 3.63) is 58.1 Å². The normalized spacial score (nSPS) is 11.6. The summed E-state index contributed by atoms with van der Waals surface area (Å²) in [5.74, 6) is 0.299. The first kappa shape index (κ1) is 15.8. The highest BCUT2D eigenvalue weighted by Crippen LogP contribution is 2.25. The molecule has 0 saturated heterocycles. The first-order valence-electron chi connectivity index (χ1n) is 7.45. The second-order valence-corrected chi connectivity index (χ2v) is 6.26. The molecule has 2 aromatic carbocycles. The van der Waals surface area contributed by atoms with E-state index in [1.165, 1.54) is 0 Å². The lowest BCUT2D eigenvalue weighted by Crippen LogP contribution is -2.01. The molecule has 0 fully saturated rings. The van der Waals surface area contributed by atoms with Crippen LogP contribution in [0.4, 0.5) is 5.95 Å². The van der Waals surface area contributed by atoms with Crippen LogP contribution in [0.3, 0.4) is 0 Å². The Kier molecular flexibility index (Phi) is 3.99. The molecule has 8 heteroatoms. The minimum Gasteiger partial charge on any atom is -0.327 e. The lowest BCUT2D eigenvalue weighted by Gasteiger charge is -2.00. The fourth-order valence-electron chi connectivity index (χ4n) is 2.63. The molecule has 2 aromatic heterocycles. The standard InChI is InChI=1S/C17H12Cl2N6/c1-25-14-5-3-2-4-12(14)15-16(25)21-17(24-22-15)23-20-9-10-8-11(18)6-7-13(10)19/h2-9H,1H3,(H,21,23,24)/b20-9+. The number of para-hydroxylation sites is 1. The van der Waals surface area contributed by atoms with Gasteiger partial charge in [0.1, 0.15) is 5.52 Å². The molecular weight excluding hydrogens is 359 g/mol. The SMILES string of the molecule is Cn1c2ccccc2c2nnc(N/N=C/c3cc(Cl)ccc3Cl)nc21. The predicted molar refractivity (Wildman–Crippen MR) is 101 cm³/mol. The van der Waals surface area contributed by atoms with Crippen molar-refractivity contribution in [3.8, 4) is 0 Å². The summed E-state index contributed by atoms with van der Waals surface area (Å²) in [5.41, 5.74) is 6.00. The number of nitrogens with one attached hydrogen (secondary N) is 1. The van der Waals surface area contributed by atoms with Gasteiger partial charge in [-0.2, -0.15) is 10.1 Å². The molecule has 0 aliphatic rings. The average molecular weight is 371 g/mol. The van der Waals surface area contributed by atoms with Crippen LogP contribution in [0.15, 0.2) is 47.6 Å². The highest BCUT2D eigenvalue weighted by Gasteiger charge is 2.11. The van der Waals surface area contributed by atoms with E-state index in [-0.39, 0.29) is 0 Å². The molecule has 4 rings (SSSR count). The second kappa shape index (κ2) is 6.31. The minimum absolute atomic E-state index is 0.299. The van der Waals surface area contributed by atoms with Crippen LogP contribution in [0.5, 0.6) is 0 Å². The van der Waals surface area contributed by atoms with Gasteiger partial charge in [0.05, 0.1) is 11.7 Å². The van der Waals surface area contributed by atoms with Crippen LogP contribution in [0, 0.1) is 0 Å². The smallest absolute Gasteiger partial charge is 0.265 e. The van der Waals surface area contributed by atoms with Crippen LogP contribution in [0.2, 0.25) is 10.0 Å². The summed E-state index contributed by atoms with van der Waals surface area (Å²) in [5, 5.41) is 14.6. The third kappa shape index (κ3) is 2.90. The molecule has 25 heavy (non-hydrogen) atoms. The van der Waals surface area contributed by atoms with E-state index in [0.29, 0.717) is 21.6 Å². The summed E-state index contributed by atoms with van der Waals surface area (Å²) in [4.78, 5) is 4.49. The van der Waals surface area contributed by atoms with Crippen molar-refractivity contribution >= 4 is 57.4 Å². The number of hydrogen-bond acceptors (Lipinski definition) is 5. The first-order chi connectivity index (χ1) is 12.1. The summed E-state index contributed by atoms with van der Waals surface area (Å²) in [6, 6.07) is 13.1. The molecule has 6 nitrogen and oxygen atoms in total. The Morgan fingerprint density at radius 3 is 2.84 bits per heavy atom. The van der Waals surface area contributed by atoms with E-state index in [0.717, 1.165) is 22.1 Å². The number of benzene rings is 2. The van der Waals surface area contributed by atoms with Crippen molar-refractivity contribution in [2.45, 2.75) is 0 Å². The van der Waals surface area contributed by atoms with Crippen molar-refractivity contribution < 1.29 is 0 Å². The van der Waals surface area contributed by atoms with Crippen molar-refractivity contribution in [1.82, 2.24) is 19.7 Å². The van der Waals surface area contributed by atoms with E-state index in [1.807, 2.05) is 35.9 Å². The van der Waals surface area contributed by atoms with Crippen LogP contribution < -0.4 is 5.43 Å². The van der Waals surface area contributed by atoms with E-state index in [4.69, 9.17) is 23.2 Å². The summed E-state index contributed by atoms with van der Waals surface area (Å²) in [6.07, 6.45) is 1.56. The van der Waals surface area contributed by atoms with E-state index >= 15 is 0 Å². The highest BCUT2D eigenvalue weighted by atomic mass is 35.5. The Morgan fingerprint density at radius 1 is 1.12 bits per heavy atom. The molecule has 0 aliphatic carbocycles. The lowest BCUT2D eigenvalue weighted by atomic mass is 10.2. The van der Waals surface area contributed by atoms with Gasteiger partial charge in [-0.3, -0.25) is 0 Å². The zero-order valence-corrected chi connectivity index (χ0v) is 14.6. The fourth-order valence-corrected chi connectivity index (χ4v) is 2.97. The summed E-state index contributed by atoms with van der Waals surface area (Å²) >= 11 is 12.1. The van der Waals surface area contributed by atoms with Gasteiger partial charge in [-0.25, -0.2) is 5.43 Å². The van der Waals surface area contributed by atoms with Gasteiger partial charge in [0.25, 0.3) is 5.95 Å². The quantitative estimate of drug-likeness (QED) is 0.431. The molecular formula is C17H12Cl2N6. The van der Waals surface area contributed by atoms with Crippen LogP contribution in [-0.2, 0) is 7.05 Å². The predicted octanol–water partition coefficient (Wildman–Crippen LogP) is 4.27. The Morgan fingerprint density at radius 2 is 1.96 bits per heavy atom. The number of aromatic nitrogens is 4. The Labute approximate surface area is 153 Å². The lowest BCUT2D eigenvalue weighted by molar-refractivity contribution is 0.949. The molecule has 124 valence electrons. The largest absolute Gasteiger partial charge is 0.327 e. The van der Waals surface area contributed by atoms with E-state index in [9.17, 15) is 0 Å². The van der Waals surface area contributed by atoms with E-state index in [2.05, 4.69) is 25.7 Å². The van der Waals surface area contributed by atoms with Crippen LogP contribution >= 0.6 is 23.2 Å². The van der Waals surface area contributed by atoms with Crippen LogP contribution in [-0.4, -0.2) is 26.0 Å². The van der Waals surface area contributed by atoms with Gasteiger partial charge in [0.2, 0.25) is 0 Å². The van der Waals surface area contributed by atoms with Crippen molar-refractivity contribution in [1.29, 1.82) is 0 Å². The molecule has 4 aromatic rings. The topological polar surface area (TPSA) is 68.0 Å². The van der Waals surface area contributed by atoms with Gasteiger partial charge >= 0.3 is 0 Å². The van der Waals surface area contributed by atoms with Gasteiger partial charge in [-0.15, -0.1) is 10.2 Å². The second-order valence-electron chi connectivity index (χ2n) is 5.42. The molecule has 0 radical (unpaired) electrons. The molecule has 0 aliphatic heterocycles. The number of aryl methyl sites for hydroxylation is 1. The van der Waals surface area contributed by atoms with Gasteiger partial charge in [0.15, 0.2) is 5.65 Å². The van der Waals surface area contributed by atoms with Gasteiger partial charge in [-0.05, 0) is 24.3 Å². The van der Waals surface area contributed by atoms with Crippen LogP contribution in [0.25, 0.3) is 22.1 Å². The maximum Gasteiger partial charge on any atom is 0.265 e. The third-order valence-corrected chi connectivity index (χ3v) is 4.41. The number of hydrogen-bond donors (Lipinski definition) is 1. The monoisotopic (exact) mass is 370 g/mol. The number of hydrazone groups is 1. The maximum atomic E-state index is 6.10.